The molecule has 2 aromatic rings. The van der Waals surface area contributed by atoms with E-state index in [2.05, 4.69) is 9.97 Å². The zero-order valence-electron chi connectivity index (χ0n) is 8.02. The maximum atomic E-state index is 6.04. The van der Waals surface area contributed by atoms with Gasteiger partial charge in [0, 0.05) is 22.1 Å². The Balaban J connectivity index is 2.28. The smallest absolute Gasteiger partial charge is 0.117 e. The number of aryl methyl sites for hydroxylation is 2. The van der Waals surface area contributed by atoms with E-state index in [1.165, 1.54) is 0 Å². The average molecular weight is 225 g/mol. The lowest BCUT2D eigenvalue weighted by Crippen LogP contribution is -2.11. The van der Waals surface area contributed by atoms with Crippen LogP contribution in [0.25, 0.3) is 0 Å². The van der Waals surface area contributed by atoms with E-state index in [4.69, 9.17) is 5.73 Å². The molecule has 0 fully saturated rings. The largest absolute Gasteiger partial charge is 0.316 e. The Labute approximate surface area is 90.6 Å². The molecule has 0 spiro atoms. The fourth-order valence-electron chi connectivity index (χ4n) is 1.14. The van der Waals surface area contributed by atoms with E-state index in [1.807, 2.05) is 24.6 Å². The lowest BCUT2D eigenvalue weighted by molar-refractivity contribution is 0.836. The van der Waals surface area contributed by atoms with E-state index in [9.17, 15) is 0 Å². The molecule has 0 bridgehead atoms. The van der Waals surface area contributed by atoms with Gasteiger partial charge in [0.1, 0.15) is 16.1 Å². The van der Waals surface area contributed by atoms with Crippen molar-refractivity contribution in [2.45, 2.75) is 19.9 Å². The predicted molar refractivity (Wildman–Crippen MR) is 59.7 cm³/mol. The normalized spacial score (nSPS) is 11.1. The molecule has 0 aliphatic rings. The highest BCUT2D eigenvalue weighted by Gasteiger charge is 2.15. The Hall–Kier alpha value is -0.780. The summed E-state index contributed by atoms with van der Waals surface area (Å²) < 4.78 is 0. The molecular weight excluding hydrogens is 214 g/mol. The topological polar surface area (TPSA) is 51.8 Å². The van der Waals surface area contributed by atoms with Gasteiger partial charge >= 0.3 is 0 Å². The third-order valence-corrected chi connectivity index (χ3v) is 3.90. The van der Waals surface area contributed by atoms with Gasteiger partial charge < -0.3 is 5.73 Å². The van der Waals surface area contributed by atoms with Crippen LogP contribution < -0.4 is 5.73 Å². The van der Waals surface area contributed by atoms with Crippen molar-refractivity contribution < 1.29 is 0 Å². The van der Waals surface area contributed by atoms with E-state index in [0.717, 1.165) is 21.4 Å². The second kappa shape index (κ2) is 3.76. The minimum atomic E-state index is -0.160. The summed E-state index contributed by atoms with van der Waals surface area (Å²) in [5, 5.41) is 5.90. The average Bonchev–Trinajstić information content (AvgIpc) is 2.73. The molecule has 74 valence electrons. The van der Waals surface area contributed by atoms with Gasteiger partial charge in [0.15, 0.2) is 0 Å². The van der Waals surface area contributed by atoms with Crippen molar-refractivity contribution in [2.24, 2.45) is 5.73 Å². The molecule has 2 heterocycles. The second-order valence-electron chi connectivity index (χ2n) is 3.13. The predicted octanol–water partition coefficient (Wildman–Crippen LogP) is 2.26. The van der Waals surface area contributed by atoms with Gasteiger partial charge in [-0.3, -0.25) is 0 Å². The maximum absolute atomic E-state index is 6.04. The molecule has 0 amide bonds. The minimum absolute atomic E-state index is 0.160. The Kier molecular flexibility index (Phi) is 2.62. The number of aromatic nitrogens is 2. The second-order valence-corrected chi connectivity index (χ2v) is 4.91. The molecule has 2 rings (SSSR count). The van der Waals surface area contributed by atoms with Crippen LogP contribution in [-0.2, 0) is 0 Å². The van der Waals surface area contributed by atoms with Crippen LogP contribution in [0.15, 0.2) is 10.8 Å². The fraction of sp³-hybridized carbons (Fsp3) is 0.333. The van der Waals surface area contributed by atoms with Crippen LogP contribution in [0, 0.1) is 13.8 Å². The van der Waals surface area contributed by atoms with E-state index in [-0.39, 0.29) is 6.04 Å². The third kappa shape index (κ3) is 1.84. The number of rotatable bonds is 2. The number of hydrogen-bond donors (Lipinski definition) is 1. The van der Waals surface area contributed by atoms with Crippen LogP contribution >= 0.6 is 22.7 Å². The lowest BCUT2D eigenvalue weighted by Gasteiger charge is -2.02. The summed E-state index contributed by atoms with van der Waals surface area (Å²) >= 11 is 3.18. The van der Waals surface area contributed by atoms with Gasteiger partial charge in [-0.2, -0.15) is 0 Å². The molecule has 0 saturated heterocycles. The van der Waals surface area contributed by atoms with Gasteiger partial charge in [-0.1, -0.05) is 0 Å². The maximum Gasteiger partial charge on any atom is 0.117 e. The van der Waals surface area contributed by atoms with Crippen molar-refractivity contribution >= 4 is 22.7 Å². The number of nitrogens with zero attached hydrogens (tertiary/aromatic N) is 2. The first-order valence-electron chi connectivity index (χ1n) is 4.26. The van der Waals surface area contributed by atoms with Gasteiger partial charge in [-0.15, -0.1) is 22.7 Å². The van der Waals surface area contributed by atoms with Gasteiger partial charge in [0.25, 0.3) is 0 Å². The van der Waals surface area contributed by atoms with E-state index in [0.29, 0.717) is 0 Å². The van der Waals surface area contributed by atoms with Gasteiger partial charge in [-0.25, -0.2) is 9.97 Å². The summed E-state index contributed by atoms with van der Waals surface area (Å²) in [5.74, 6) is 0. The van der Waals surface area contributed by atoms with Crippen LogP contribution in [0.3, 0.4) is 0 Å². The molecule has 3 nitrogen and oxygen atoms in total. The SMILES string of the molecule is Cc1csc(C(N)c2nc(C)cs2)n1. The third-order valence-electron chi connectivity index (χ3n) is 1.81. The highest BCUT2D eigenvalue weighted by Crippen LogP contribution is 2.24. The van der Waals surface area contributed by atoms with E-state index >= 15 is 0 Å². The summed E-state index contributed by atoms with van der Waals surface area (Å²) in [6, 6.07) is -0.160. The first-order chi connectivity index (χ1) is 6.66. The van der Waals surface area contributed by atoms with E-state index in [1.54, 1.807) is 22.7 Å². The van der Waals surface area contributed by atoms with Crippen molar-refractivity contribution in [1.82, 2.24) is 9.97 Å². The van der Waals surface area contributed by atoms with Crippen LogP contribution in [0.5, 0.6) is 0 Å². The summed E-state index contributed by atoms with van der Waals surface area (Å²) in [4.78, 5) is 8.71. The van der Waals surface area contributed by atoms with E-state index < -0.39 is 0 Å². The Bertz CT molecular complexity index is 392. The van der Waals surface area contributed by atoms with Crippen molar-refractivity contribution in [3.05, 3.63) is 32.2 Å². The Morgan fingerprint density at radius 1 is 1.07 bits per heavy atom. The van der Waals surface area contributed by atoms with Crippen molar-refractivity contribution in [3.63, 3.8) is 0 Å². The van der Waals surface area contributed by atoms with Crippen LogP contribution in [0.4, 0.5) is 0 Å². The molecule has 0 saturated carbocycles. The molecule has 0 aliphatic heterocycles. The molecule has 0 aliphatic carbocycles. The van der Waals surface area contributed by atoms with Crippen LogP contribution in [0.1, 0.15) is 27.4 Å². The summed E-state index contributed by atoms with van der Waals surface area (Å²) in [6.07, 6.45) is 0. The van der Waals surface area contributed by atoms with Crippen molar-refractivity contribution in [3.8, 4) is 0 Å². The number of nitrogens with two attached hydrogens (primary N) is 1. The van der Waals surface area contributed by atoms with Crippen LogP contribution in [0.2, 0.25) is 0 Å². The first kappa shape index (κ1) is 9.76. The van der Waals surface area contributed by atoms with Gasteiger partial charge in [-0.05, 0) is 13.8 Å². The van der Waals surface area contributed by atoms with Crippen molar-refractivity contribution in [2.75, 3.05) is 0 Å². The zero-order valence-corrected chi connectivity index (χ0v) is 9.65. The summed E-state index contributed by atoms with van der Waals surface area (Å²) in [5.41, 5.74) is 8.08. The van der Waals surface area contributed by atoms with Gasteiger partial charge in [0.2, 0.25) is 0 Å². The Morgan fingerprint density at radius 3 is 1.79 bits per heavy atom. The van der Waals surface area contributed by atoms with Crippen LogP contribution in [-0.4, -0.2) is 9.97 Å². The highest BCUT2D eigenvalue weighted by molar-refractivity contribution is 7.11. The number of hydrogen-bond acceptors (Lipinski definition) is 5. The molecule has 0 atom stereocenters. The minimum Gasteiger partial charge on any atom is -0.316 e. The first-order valence-corrected chi connectivity index (χ1v) is 6.02. The summed E-state index contributed by atoms with van der Waals surface area (Å²) in [7, 11) is 0. The fourth-order valence-corrected chi connectivity index (χ4v) is 2.81. The standard InChI is InChI=1S/C9H11N3S2/c1-5-3-13-8(11-5)7(10)9-12-6(2)4-14-9/h3-4,7H,10H2,1-2H3. The number of thiazole rings is 2. The monoisotopic (exact) mass is 225 g/mol. The molecular formula is C9H11N3S2. The quantitative estimate of drug-likeness (QED) is 0.853. The zero-order chi connectivity index (χ0) is 10.1. The molecule has 2 aromatic heterocycles. The highest BCUT2D eigenvalue weighted by atomic mass is 32.1. The van der Waals surface area contributed by atoms with Gasteiger partial charge in [0.05, 0.1) is 0 Å². The molecule has 14 heavy (non-hydrogen) atoms. The molecule has 0 unspecified atom stereocenters. The summed E-state index contributed by atoms with van der Waals surface area (Å²) in [6.45, 7) is 3.94. The van der Waals surface area contributed by atoms with Crippen molar-refractivity contribution in [1.29, 1.82) is 0 Å². The molecule has 2 N–H and O–H groups in total. The Morgan fingerprint density at radius 2 is 1.50 bits per heavy atom. The molecule has 0 radical (unpaired) electrons. The molecule has 5 heteroatoms. The lowest BCUT2D eigenvalue weighted by atomic mass is 10.3. The molecule has 0 aromatic carbocycles.